The summed E-state index contributed by atoms with van der Waals surface area (Å²) in [6.07, 6.45) is 4.17. The van der Waals surface area contributed by atoms with E-state index in [-0.39, 0.29) is 0 Å². The number of hydrogen-bond acceptors (Lipinski definition) is 2. The van der Waals surface area contributed by atoms with Crippen LogP contribution in [0.15, 0.2) is 47.1 Å². The highest BCUT2D eigenvalue weighted by Crippen LogP contribution is 2.10. The molecule has 0 saturated carbocycles. The van der Waals surface area contributed by atoms with Gasteiger partial charge in [-0.2, -0.15) is 0 Å². The lowest BCUT2D eigenvalue weighted by molar-refractivity contribution is 0.508. The van der Waals surface area contributed by atoms with Gasteiger partial charge in [-0.1, -0.05) is 24.3 Å². The van der Waals surface area contributed by atoms with Crippen molar-refractivity contribution in [2.45, 2.75) is 19.3 Å². The molecule has 1 unspecified atom stereocenters. The molecule has 2 rings (SSSR count). The largest absolute Gasteiger partial charge is 0.469 e. The third-order valence-corrected chi connectivity index (χ3v) is 3.38. The summed E-state index contributed by atoms with van der Waals surface area (Å²) in [6.45, 7) is 0. The van der Waals surface area contributed by atoms with Crippen LogP contribution in [0.1, 0.15) is 16.9 Å². The van der Waals surface area contributed by atoms with E-state index in [0.29, 0.717) is 12.2 Å². The van der Waals surface area contributed by atoms with Crippen LogP contribution >= 0.6 is 0 Å². The van der Waals surface area contributed by atoms with Crippen molar-refractivity contribution >= 4 is 11.1 Å². The molecule has 1 aromatic carbocycles. The molecule has 0 spiro atoms. The molecule has 0 aliphatic heterocycles. The van der Waals surface area contributed by atoms with Crippen LogP contribution in [0, 0.1) is 0 Å². The van der Waals surface area contributed by atoms with E-state index in [0.717, 1.165) is 24.2 Å². The Kier molecular flexibility index (Phi) is 4.73. The van der Waals surface area contributed by atoms with Gasteiger partial charge in [0.25, 0.3) is 0 Å². The molecule has 0 radical (unpaired) electrons. The molecule has 1 N–H and O–H groups in total. The van der Waals surface area contributed by atoms with E-state index in [1.165, 1.54) is 5.56 Å². The Balaban J connectivity index is 1.85. The quantitative estimate of drug-likeness (QED) is 0.816. The molecule has 2 aromatic rings. The Morgan fingerprint density at radius 3 is 2.22 bits per heavy atom. The fourth-order valence-electron chi connectivity index (χ4n) is 1.80. The van der Waals surface area contributed by atoms with Crippen molar-refractivity contribution in [2.24, 2.45) is 0 Å². The summed E-state index contributed by atoms with van der Waals surface area (Å²) in [5.74, 6) is 1.29. The zero-order chi connectivity index (χ0) is 12.8. The molecular weight excluding hydrogens is 248 g/mol. The van der Waals surface area contributed by atoms with Crippen molar-refractivity contribution in [3.8, 4) is 0 Å². The number of hydrogen-bond donors (Lipinski definition) is 1. The zero-order valence-electron chi connectivity index (χ0n) is 10.0. The highest BCUT2D eigenvalue weighted by atomic mass is 32.2. The van der Waals surface area contributed by atoms with Crippen LogP contribution in [0.5, 0.6) is 0 Å². The molecule has 3 nitrogen and oxygen atoms in total. The van der Waals surface area contributed by atoms with Gasteiger partial charge in [-0.05, 0) is 36.1 Å². The third-order valence-electron chi connectivity index (χ3n) is 2.83. The van der Waals surface area contributed by atoms with Crippen LogP contribution in [0.3, 0.4) is 0 Å². The minimum absolute atomic E-state index is 0.297. The molecule has 96 valence electrons. The smallest absolute Gasteiger partial charge is 0.153 e. The first-order valence-corrected chi connectivity index (χ1v) is 7.19. The van der Waals surface area contributed by atoms with E-state index in [1.54, 1.807) is 6.26 Å². The molecular formula is C14H16O3S. The highest BCUT2D eigenvalue weighted by molar-refractivity contribution is 7.79. The van der Waals surface area contributed by atoms with Gasteiger partial charge in [-0.25, -0.2) is 4.21 Å². The normalized spacial score (nSPS) is 12.5. The van der Waals surface area contributed by atoms with E-state index in [4.69, 9.17) is 8.97 Å². The first kappa shape index (κ1) is 13.1. The van der Waals surface area contributed by atoms with Crippen molar-refractivity contribution < 1.29 is 13.2 Å². The molecule has 18 heavy (non-hydrogen) atoms. The highest BCUT2D eigenvalue weighted by Gasteiger charge is 2.00. The van der Waals surface area contributed by atoms with E-state index < -0.39 is 11.1 Å². The second kappa shape index (κ2) is 6.52. The number of furan rings is 1. The van der Waals surface area contributed by atoms with Gasteiger partial charge in [-0.3, -0.25) is 0 Å². The molecule has 0 aliphatic rings. The van der Waals surface area contributed by atoms with Crippen LogP contribution < -0.4 is 0 Å². The molecule has 4 heteroatoms. The van der Waals surface area contributed by atoms with Crippen LogP contribution in [-0.2, 0) is 30.3 Å². The summed E-state index contributed by atoms with van der Waals surface area (Å²) in [5.41, 5.74) is 2.35. The summed E-state index contributed by atoms with van der Waals surface area (Å²) in [4.78, 5) is 0. The van der Waals surface area contributed by atoms with Crippen LogP contribution in [-0.4, -0.2) is 14.5 Å². The average molecular weight is 264 g/mol. The van der Waals surface area contributed by atoms with Gasteiger partial charge < -0.3 is 8.97 Å². The standard InChI is InChI=1S/C14H16O3S/c15-18(16)11-9-13-5-3-12(4-6-13)7-8-14-2-1-10-17-14/h1-6,10H,7-9,11H2,(H,15,16). The molecule has 0 aliphatic carbocycles. The lowest BCUT2D eigenvalue weighted by atomic mass is 10.1. The monoisotopic (exact) mass is 264 g/mol. The van der Waals surface area contributed by atoms with Crippen molar-refractivity contribution in [1.82, 2.24) is 0 Å². The SMILES string of the molecule is O=S(O)CCc1ccc(CCc2ccco2)cc1. The summed E-state index contributed by atoms with van der Waals surface area (Å²) in [7, 11) is 0. The molecule has 1 aromatic heterocycles. The summed E-state index contributed by atoms with van der Waals surface area (Å²) in [5, 5.41) is 0. The minimum Gasteiger partial charge on any atom is -0.469 e. The Morgan fingerprint density at radius 1 is 1.00 bits per heavy atom. The molecule has 0 fully saturated rings. The predicted molar refractivity (Wildman–Crippen MR) is 71.9 cm³/mol. The molecule has 0 bridgehead atoms. The van der Waals surface area contributed by atoms with Crippen LogP contribution in [0.25, 0.3) is 0 Å². The zero-order valence-corrected chi connectivity index (χ0v) is 10.9. The Morgan fingerprint density at radius 2 is 1.67 bits per heavy atom. The third kappa shape index (κ3) is 4.13. The fraction of sp³-hybridized carbons (Fsp3) is 0.286. The average Bonchev–Trinajstić information content (AvgIpc) is 2.88. The van der Waals surface area contributed by atoms with E-state index in [1.807, 2.05) is 24.3 Å². The van der Waals surface area contributed by atoms with Gasteiger partial charge in [0.15, 0.2) is 11.1 Å². The Bertz CT molecular complexity index is 488. The number of aryl methyl sites for hydroxylation is 3. The lowest BCUT2D eigenvalue weighted by Gasteiger charge is -2.02. The predicted octanol–water partition coefficient (Wildman–Crippen LogP) is 2.83. The lowest BCUT2D eigenvalue weighted by Crippen LogP contribution is -1.99. The first-order valence-electron chi connectivity index (χ1n) is 5.92. The van der Waals surface area contributed by atoms with Gasteiger partial charge in [0, 0.05) is 6.42 Å². The van der Waals surface area contributed by atoms with Crippen LogP contribution in [0.4, 0.5) is 0 Å². The maximum absolute atomic E-state index is 10.6. The molecule has 0 saturated heterocycles. The van der Waals surface area contributed by atoms with Crippen molar-refractivity contribution in [2.75, 3.05) is 5.75 Å². The summed E-state index contributed by atoms with van der Waals surface area (Å²) in [6, 6.07) is 12.0. The summed E-state index contributed by atoms with van der Waals surface area (Å²) < 4.78 is 24.6. The van der Waals surface area contributed by atoms with Gasteiger partial charge in [0.2, 0.25) is 0 Å². The van der Waals surface area contributed by atoms with E-state index >= 15 is 0 Å². The number of rotatable bonds is 6. The van der Waals surface area contributed by atoms with Gasteiger partial charge in [0.05, 0.1) is 12.0 Å². The topological polar surface area (TPSA) is 50.4 Å². The number of benzene rings is 1. The Labute approximate surface area is 109 Å². The molecule has 1 atom stereocenters. The molecule has 0 amide bonds. The van der Waals surface area contributed by atoms with E-state index in [9.17, 15) is 4.21 Å². The fourth-order valence-corrected chi connectivity index (χ4v) is 2.21. The molecule has 1 heterocycles. The first-order chi connectivity index (χ1) is 8.74. The van der Waals surface area contributed by atoms with Gasteiger partial charge in [-0.15, -0.1) is 0 Å². The van der Waals surface area contributed by atoms with Crippen molar-refractivity contribution in [3.63, 3.8) is 0 Å². The van der Waals surface area contributed by atoms with Gasteiger partial charge >= 0.3 is 0 Å². The maximum atomic E-state index is 10.6. The Hall–Kier alpha value is -1.39. The van der Waals surface area contributed by atoms with Crippen molar-refractivity contribution in [3.05, 3.63) is 59.5 Å². The van der Waals surface area contributed by atoms with E-state index in [2.05, 4.69) is 12.1 Å². The van der Waals surface area contributed by atoms with Gasteiger partial charge in [0.1, 0.15) is 5.76 Å². The maximum Gasteiger partial charge on any atom is 0.153 e. The summed E-state index contributed by atoms with van der Waals surface area (Å²) >= 11 is -1.71. The van der Waals surface area contributed by atoms with Crippen molar-refractivity contribution in [1.29, 1.82) is 0 Å². The second-order valence-corrected chi connectivity index (χ2v) is 5.22. The second-order valence-electron chi connectivity index (χ2n) is 4.17. The van der Waals surface area contributed by atoms with Crippen LogP contribution in [0.2, 0.25) is 0 Å². The minimum atomic E-state index is -1.71.